The molecule has 0 aromatic heterocycles. The van der Waals surface area contributed by atoms with Gasteiger partial charge in [-0.3, -0.25) is 9.59 Å². The van der Waals surface area contributed by atoms with E-state index in [0.717, 1.165) is 23.8 Å². The zero-order valence-corrected chi connectivity index (χ0v) is 12.1. The minimum Gasteiger partial charge on any atom is -0.318 e. The second-order valence-corrected chi connectivity index (χ2v) is 4.80. The van der Waals surface area contributed by atoms with E-state index in [1.807, 2.05) is 0 Å². The Balaban J connectivity index is 2.07. The number of benzene rings is 2. The van der Waals surface area contributed by atoms with Crippen LogP contribution in [0, 0.1) is 6.92 Å². The fourth-order valence-electron chi connectivity index (χ4n) is 1.85. The molecule has 2 aromatic carbocycles. The summed E-state index contributed by atoms with van der Waals surface area (Å²) >= 11 is 0. The number of alkyl halides is 3. The molecule has 2 rings (SSSR count). The lowest BCUT2D eigenvalue weighted by Gasteiger charge is -2.10. The van der Waals surface area contributed by atoms with Crippen LogP contribution in [0.5, 0.6) is 0 Å². The van der Waals surface area contributed by atoms with Crippen LogP contribution < -0.4 is 10.6 Å². The number of para-hydroxylation sites is 1. The minimum absolute atomic E-state index is 0.107. The Morgan fingerprint density at radius 3 is 2.22 bits per heavy atom. The van der Waals surface area contributed by atoms with Crippen LogP contribution in [0.15, 0.2) is 48.5 Å². The average molecular weight is 322 g/mol. The first-order valence-corrected chi connectivity index (χ1v) is 6.62. The average Bonchev–Trinajstić information content (AvgIpc) is 2.49. The van der Waals surface area contributed by atoms with E-state index in [9.17, 15) is 22.8 Å². The highest BCUT2D eigenvalue weighted by atomic mass is 19.4. The molecule has 120 valence electrons. The summed E-state index contributed by atoms with van der Waals surface area (Å²) in [5.41, 5.74) is 0.198. The van der Waals surface area contributed by atoms with Gasteiger partial charge in [0.25, 0.3) is 0 Å². The molecule has 0 unspecified atom stereocenters. The van der Waals surface area contributed by atoms with Gasteiger partial charge < -0.3 is 10.6 Å². The molecule has 0 atom stereocenters. The van der Waals surface area contributed by atoms with E-state index in [-0.39, 0.29) is 5.69 Å². The highest BCUT2D eigenvalue weighted by Gasteiger charge is 2.30. The molecule has 0 bridgehead atoms. The Hall–Kier alpha value is -2.83. The van der Waals surface area contributed by atoms with Crippen molar-refractivity contribution in [2.75, 3.05) is 10.6 Å². The molecular formula is C16H13F3N2O2. The van der Waals surface area contributed by atoms with E-state index in [1.165, 1.54) is 6.07 Å². The first kappa shape index (κ1) is 16.5. The first-order valence-electron chi connectivity index (χ1n) is 6.62. The molecule has 4 nitrogen and oxygen atoms in total. The number of carbonyl (C=O) groups excluding carboxylic acids is 2. The molecule has 2 N–H and O–H groups in total. The van der Waals surface area contributed by atoms with Gasteiger partial charge in [0.05, 0.1) is 5.56 Å². The van der Waals surface area contributed by atoms with E-state index < -0.39 is 23.6 Å². The van der Waals surface area contributed by atoms with Gasteiger partial charge in [0.2, 0.25) is 0 Å². The molecular weight excluding hydrogens is 309 g/mol. The molecule has 2 amide bonds. The van der Waals surface area contributed by atoms with Gasteiger partial charge in [-0.05, 0) is 36.8 Å². The Labute approximate surface area is 130 Å². The van der Waals surface area contributed by atoms with Gasteiger partial charge >= 0.3 is 18.0 Å². The number of hydrogen-bond acceptors (Lipinski definition) is 2. The molecule has 7 heteroatoms. The topological polar surface area (TPSA) is 58.2 Å². The Bertz CT molecular complexity index is 742. The fourth-order valence-corrected chi connectivity index (χ4v) is 1.85. The Morgan fingerprint density at radius 1 is 0.913 bits per heavy atom. The largest absolute Gasteiger partial charge is 0.416 e. The van der Waals surface area contributed by atoms with Crippen molar-refractivity contribution in [1.82, 2.24) is 0 Å². The highest BCUT2D eigenvalue weighted by molar-refractivity contribution is 6.43. The van der Waals surface area contributed by atoms with Crippen molar-refractivity contribution < 1.29 is 22.8 Å². The quantitative estimate of drug-likeness (QED) is 0.830. The van der Waals surface area contributed by atoms with E-state index >= 15 is 0 Å². The lowest BCUT2D eigenvalue weighted by molar-refractivity contribution is -0.137. The summed E-state index contributed by atoms with van der Waals surface area (Å²) in [4.78, 5) is 23.6. The van der Waals surface area contributed by atoms with Gasteiger partial charge in [-0.2, -0.15) is 13.2 Å². The van der Waals surface area contributed by atoms with Crippen molar-refractivity contribution >= 4 is 23.2 Å². The van der Waals surface area contributed by atoms with Crippen LogP contribution in [0.2, 0.25) is 0 Å². The Kier molecular flexibility index (Phi) is 4.68. The van der Waals surface area contributed by atoms with Crippen LogP contribution in [-0.4, -0.2) is 11.8 Å². The monoisotopic (exact) mass is 322 g/mol. The molecule has 2 aromatic rings. The third-order valence-electron chi connectivity index (χ3n) is 3.05. The summed E-state index contributed by atoms with van der Waals surface area (Å²) in [5, 5.41) is 4.54. The molecule has 0 saturated carbocycles. The first-order chi connectivity index (χ1) is 10.8. The normalized spacial score (nSPS) is 11.0. The molecule has 0 heterocycles. The van der Waals surface area contributed by atoms with Crippen LogP contribution in [0.1, 0.15) is 11.1 Å². The van der Waals surface area contributed by atoms with E-state index in [4.69, 9.17) is 0 Å². The standard InChI is InChI=1S/C16H13F3N2O2/c1-10-5-2-3-8-13(10)21-15(23)14(22)20-12-7-4-6-11(9-12)16(17,18)19/h2-9H,1H3,(H,20,22)(H,21,23). The number of amides is 2. The van der Waals surface area contributed by atoms with Crippen LogP contribution in [0.25, 0.3) is 0 Å². The summed E-state index contributed by atoms with van der Waals surface area (Å²) in [6, 6.07) is 10.9. The van der Waals surface area contributed by atoms with Gasteiger partial charge in [-0.15, -0.1) is 0 Å². The second kappa shape index (κ2) is 6.51. The lowest BCUT2D eigenvalue weighted by Crippen LogP contribution is -2.29. The van der Waals surface area contributed by atoms with Gasteiger partial charge in [0.1, 0.15) is 0 Å². The summed E-state index contributed by atoms with van der Waals surface area (Å²) in [6.07, 6.45) is -4.52. The van der Waals surface area contributed by atoms with Gasteiger partial charge in [-0.25, -0.2) is 0 Å². The summed E-state index contributed by atoms with van der Waals surface area (Å²) in [5.74, 6) is -2.01. The van der Waals surface area contributed by atoms with Crippen LogP contribution in [0.3, 0.4) is 0 Å². The predicted molar refractivity (Wildman–Crippen MR) is 79.9 cm³/mol. The number of aryl methyl sites for hydroxylation is 1. The molecule has 23 heavy (non-hydrogen) atoms. The predicted octanol–water partition coefficient (Wildman–Crippen LogP) is 3.59. The fraction of sp³-hybridized carbons (Fsp3) is 0.125. The lowest BCUT2D eigenvalue weighted by atomic mass is 10.2. The van der Waals surface area contributed by atoms with Crippen molar-refractivity contribution in [2.45, 2.75) is 13.1 Å². The molecule has 0 spiro atoms. The maximum absolute atomic E-state index is 12.6. The molecule has 0 radical (unpaired) electrons. The van der Waals surface area contributed by atoms with E-state index in [1.54, 1.807) is 31.2 Å². The SMILES string of the molecule is Cc1ccccc1NC(=O)C(=O)Nc1cccc(C(F)(F)F)c1. The number of halogens is 3. The van der Waals surface area contributed by atoms with Crippen molar-refractivity contribution in [2.24, 2.45) is 0 Å². The van der Waals surface area contributed by atoms with Gasteiger partial charge in [0, 0.05) is 11.4 Å². The molecule has 0 aliphatic carbocycles. The van der Waals surface area contributed by atoms with Crippen LogP contribution in [0.4, 0.5) is 24.5 Å². The zero-order valence-electron chi connectivity index (χ0n) is 12.1. The molecule has 0 saturated heterocycles. The highest BCUT2D eigenvalue weighted by Crippen LogP contribution is 2.30. The second-order valence-electron chi connectivity index (χ2n) is 4.80. The zero-order chi connectivity index (χ0) is 17.0. The molecule has 0 aliphatic rings. The minimum atomic E-state index is -4.52. The van der Waals surface area contributed by atoms with Crippen molar-refractivity contribution in [3.8, 4) is 0 Å². The molecule has 0 fully saturated rings. The third-order valence-corrected chi connectivity index (χ3v) is 3.05. The van der Waals surface area contributed by atoms with Crippen LogP contribution >= 0.6 is 0 Å². The Morgan fingerprint density at radius 2 is 1.57 bits per heavy atom. The maximum atomic E-state index is 12.6. The number of carbonyl (C=O) groups is 2. The summed E-state index contributed by atoms with van der Waals surface area (Å²) in [7, 11) is 0. The number of rotatable bonds is 2. The van der Waals surface area contributed by atoms with Crippen molar-refractivity contribution in [1.29, 1.82) is 0 Å². The van der Waals surface area contributed by atoms with Gasteiger partial charge in [-0.1, -0.05) is 24.3 Å². The summed E-state index contributed by atoms with van der Waals surface area (Å²) in [6.45, 7) is 1.75. The van der Waals surface area contributed by atoms with E-state index in [0.29, 0.717) is 5.69 Å². The van der Waals surface area contributed by atoms with Crippen LogP contribution in [-0.2, 0) is 15.8 Å². The number of anilines is 2. The van der Waals surface area contributed by atoms with Gasteiger partial charge in [0.15, 0.2) is 0 Å². The number of nitrogens with one attached hydrogen (secondary N) is 2. The van der Waals surface area contributed by atoms with Crippen molar-refractivity contribution in [3.63, 3.8) is 0 Å². The third kappa shape index (κ3) is 4.32. The smallest absolute Gasteiger partial charge is 0.318 e. The number of hydrogen-bond donors (Lipinski definition) is 2. The van der Waals surface area contributed by atoms with Crippen molar-refractivity contribution in [3.05, 3.63) is 59.7 Å². The maximum Gasteiger partial charge on any atom is 0.416 e. The van der Waals surface area contributed by atoms with E-state index in [2.05, 4.69) is 10.6 Å². The summed E-state index contributed by atoms with van der Waals surface area (Å²) < 4.78 is 37.8. The molecule has 0 aliphatic heterocycles.